The molecule has 17 heavy (non-hydrogen) atoms. The smallest absolute Gasteiger partial charge is 0.240 e. The van der Waals surface area contributed by atoms with Crippen LogP contribution in [-0.4, -0.2) is 37.6 Å². The summed E-state index contributed by atoms with van der Waals surface area (Å²) in [6.07, 6.45) is 4.22. The van der Waals surface area contributed by atoms with E-state index < -0.39 is 0 Å². The molecule has 6 heteroatoms. The maximum absolute atomic E-state index is 11.4. The second-order valence-electron chi connectivity index (χ2n) is 4.17. The van der Waals surface area contributed by atoms with Crippen LogP contribution in [0.25, 0.3) is 0 Å². The van der Waals surface area contributed by atoms with Gasteiger partial charge in [-0.15, -0.1) is 11.3 Å². The third-order valence-electron chi connectivity index (χ3n) is 2.85. The number of hydrogen-bond donors (Lipinski definition) is 3. The van der Waals surface area contributed by atoms with E-state index in [-0.39, 0.29) is 5.91 Å². The van der Waals surface area contributed by atoms with E-state index in [4.69, 9.17) is 0 Å². The van der Waals surface area contributed by atoms with Crippen molar-refractivity contribution in [1.82, 2.24) is 15.6 Å². The molecule has 5 nitrogen and oxygen atoms in total. The lowest BCUT2D eigenvalue weighted by molar-refractivity contribution is -0.115. The number of carbonyl (C=O) groups is 1. The van der Waals surface area contributed by atoms with Crippen LogP contribution in [-0.2, 0) is 4.79 Å². The number of piperidine rings is 1. The van der Waals surface area contributed by atoms with Crippen LogP contribution < -0.4 is 16.0 Å². The van der Waals surface area contributed by atoms with Crippen molar-refractivity contribution in [2.45, 2.75) is 18.8 Å². The molecular weight excluding hydrogens is 236 g/mol. The van der Waals surface area contributed by atoms with Gasteiger partial charge in [-0.2, -0.15) is 0 Å². The molecule has 1 aliphatic rings. The number of thiazole rings is 1. The summed E-state index contributed by atoms with van der Waals surface area (Å²) in [5.41, 5.74) is 0. The van der Waals surface area contributed by atoms with E-state index in [2.05, 4.69) is 20.9 Å². The Labute approximate surface area is 105 Å². The fourth-order valence-electron chi connectivity index (χ4n) is 1.96. The Balaban J connectivity index is 1.93. The molecule has 0 unspecified atom stereocenters. The Morgan fingerprint density at radius 1 is 1.59 bits per heavy atom. The van der Waals surface area contributed by atoms with Gasteiger partial charge in [0.15, 0.2) is 5.13 Å². The highest BCUT2D eigenvalue weighted by atomic mass is 32.1. The number of rotatable bonds is 4. The largest absolute Gasteiger partial charge is 0.317 e. The van der Waals surface area contributed by atoms with Crippen molar-refractivity contribution >= 4 is 22.4 Å². The van der Waals surface area contributed by atoms with Crippen LogP contribution in [0, 0.1) is 0 Å². The molecule has 0 aromatic carbocycles. The monoisotopic (exact) mass is 254 g/mol. The van der Waals surface area contributed by atoms with Gasteiger partial charge in [0.05, 0.1) is 6.54 Å². The summed E-state index contributed by atoms with van der Waals surface area (Å²) >= 11 is 1.59. The lowest BCUT2D eigenvalue weighted by atomic mass is 9.97. The number of amides is 1. The zero-order valence-corrected chi connectivity index (χ0v) is 10.8. The molecule has 3 N–H and O–H groups in total. The highest BCUT2D eigenvalue weighted by Gasteiger charge is 2.18. The minimum absolute atomic E-state index is 0.0429. The fourth-order valence-corrected chi connectivity index (χ4v) is 2.96. The average molecular weight is 254 g/mol. The van der Waals surface area contributed by atoms with Gasteiger partial charge in [0.25, 0.3) is 0 Å². The molecule has 2 rings (SSSR count). The minimum atomic E-state index is -0.0429. The molecule has 0 atom stereocenters. The molecule has 0 aliphatic carbocycles. The summed E-state index contributed by atoms with van der Waals surface area (Å²) in [6, 6.07) is 0. The number of aromatic nitrogens is 1. The topological polar surface area (TPSA) is 66.0 Å². The van der Waals surface area contributed by atoms with E-state index in [1.807, 2.05) is 6.20 Å². The molecule has 0 bridgehead atoms. The highest BCUT2D eigenvalue weighted by molar-refractivity contribution is 7.15. The predicted molar refractivity (Wildman–Crippen MR) is 69.5 cm³/mol. The van der Waals surface area contributed by atoms with E-state index in [0.29, 0.717) is 17.6 Å². The van der Waals surface area contributed by atoms with Crippen molar-refractivity contribution in [3.05, 3.63) is 11.1 Å². The molecule has 1 aliphatic heterocycles. The van der Waals surface area contributed by atoms with Crippen LogP contribution in [0.2, 0.25) is 0 Å². The highest BCUT2D eigenvalue weighted by Crippen LogP contribution is 2.31. The zero-order chi connectivity index (χ0) is 12.1. The molecular formula is C11H18N4OS. The molecule has 94 valence electrons. The maximum atomic E-state index is 11.4. The van der Waals surface area contributed by atoms with Crippen molar-refractivity contribution in [1.29, 1.82) is 0 Å². The number of carbonyl (C=O) groups excluding carboxylic acids is 1. The number of likely N-dealkylation sites (N-methyl/N-ethyl adjacent to an activating group) is 1. The maximum Gasteiger partial charge on any atom is 0.240 e. The first-order valence-electron chi connectivity index (χ1n) is 5.90. The number of anilines is 1. The van der Waals surface area contributed by atoms with Crippen LogP contribution in [0.4, 0.5) is 5.13 Å². The van der Waals surface area contributed by atoms with E-state index in [1.165, 1.54) is 4.88 Å². The van der Waals surface area contributed by atoms with Crippen molar-refractivity contribution in [2.24, 2.45) is 0 Å². The molecule has 0 spiro atoms. The van der Waals surface area contributed by atoms with Crippen LogP contribution in [0.15, 0.2) is 6.20 Å². The lowest BCUT2D eigenvalue weighted by Gasteiger charge is -2.20. The Morgan fingerprint density at radius 3 is 3.06 bits per heavy atom. The molecule has 1 aromatic heterocycles. The Bertz CT molecular complexity index is 373. The number of hydrogen-bond acceptors (Lipinski definition) is 5. The summed E-state index contributed by atoms with van der Waals surface area (Å²) in [7, 11) is 1.75. The number of nitrogens with one attached hydrogen (secondary N) is 3. The summed E-state index contributed by atoms with van der Waals surface area (Å²) in [6.45, 7) is 2.47. The first-order valence-corrected chi connectivity index (χ1v) is 6.72. The molecule has 1 amide bonds. The van der Waals surface area contributed by atoms with Gasteiger partial charge >= 0.3 is 0 Å². The molecule has 0 radical (unpaired) electrons. The van der Waals surface area contributed by atoms with Crippen molar-refractivity contribution in [2.75, 3.05) is 32.0 Å². The SMILES string of the molecule is CNCC(=O)Nc1ncc(C2CCNCC2)s1. The lowest BCUT2D eigenvalue weighted by Crippen LogP contribution is -2.26. The van der Waals surface area contributed by atoms with Crippen molar-refractivity contribution in [3.8, 4) is 0 Å². The average Bonchev–Trinajstić information content (AvgIpc) is 2.79. The summed E-state index contributed by atoms with van der Waals surface area (Å²) in [4.78, 5) is 16.9. The van der Waals surface area contributed by atoms with Crippen molar-refractivity contribution in [3.63, 3.8) is 0 Å². The van der Waals surface area contributed by atoms with Gasteiger partial charge in [-0.3, -0.25) is 4.79 Å². The summed E-state index contributed by atoms with van der Waals surface area (Å²) < 4.78 is 0. The zero-order valence-electron chi connectivity index (χ0n) is 9.95. The molecule has 0 saturated carbocycles. The third-order valence-corrected chi connectivity index (χ3v) is 3.92. The molecule has 1 saturated heterocycles. The van der Waals surface area contributed by atoms with Gasteiger partial charge in [0.1, 0.15) is 0 Å². The second kappa shape index (κ2) is 6.09. The van der Waals surface area contributed by atoms with Gasteiger partial charge < -0.3 is 16.0 Å². The Kier molecular flexibility index (Phi) is 4.47. The van der Waals surface area contributed by atoms with E-state index in [9.17, 15) is 4.79 Å². The summed E-state index contributed by atoms with van der Waals surface area (Å²) in [5, 5.41) is 9.66. The van der Waals surface area contributed by atoms with Gasteiger partial charge in [-0.1, -0.05) is 0 Å². The standard InChI is InChI=1S/C11H18N4OS/c1-12-7-10(16)15-11-14-6-9(17-11)8-2-4-13-5-3-8/h6,8,12-13H,2-5,7H2,1H3,(H,14,15,16). The van der Waals surface area contributed by atoms with E-state index >= 15 is 0 Å². The summed E-state index contributed by atoms with van der Waals surface area (Å²) in [5.74, 6) is 0.558. The fraction of sp³-hybridized carbons (Fsp3) is 0.636. The Hall–Kier alpha value is -0.980. The Morgan fingerprint density at radius 2 is 2.35 bits per heavy atom. The quantitative estimate of drug-likeness (QED) is 0.742. The van der Waals surface area contributed by atoms with Crippen LogP contribution in [0.1, 0.15) is 23.6 Å². The predicted octanol–water partition coefficient (Wildman–Crippen LogP) is 0.768. The second-order valence-corrected chi connectivity index (χ2v) is 5.23. The van der Waals surface area contributed by atoms with Crippen LogP contribution >= 0.6 is 11.3 Å². The van der Waals surface area contributed by atoms with Crippen molar-refractivity contribution < 1.29 is 4.79 Å². The third kappa shape index (κ3) is 3.49. The minimum Gasteiger partial charge on any atom is -0.317 e. The van der Waals surface area contributed by atoms with Gasteiger partial charge in [-0.25, -0.2) is 4.98 Å². The molecule has 1 fully saturated rings. The molecule has 2 heterocycles. The normalized spacial score (nSPS) is 17.0. The first kappa shape index (κ1) is 12.5. The van der Waals surface area contributed by atoms with Crippen LogP contribution in [0.5, 0.6) is 0 Å². The van der Waals surface area contributed by atoms with Gasteiger partial charge in [-0.05, 0) is 38.9 Å². The van der Waals surface area contributed by atoms with Gasteiger partial charge in [0, 0.05) is 11.1 Å². The van der Waals surface area contributed by atoms with E-state index in [0.717, 1.165) is 25.9 Å². The van der Waals surface area contributed by atoms with E-state index in [1.54, 1.807) is 18.4 Å². The van der Waals surface area contributed by atoms with Gasteiger partial charge in [0.2, 0.25) is 5.91 Å². The molecule has 1 aromatic rings. The van der Waals surface area contributed by atoms with Crippen LogP contribution in [0.3, 0.4) is 0 Å². The first-order chi connectivity index (χ1) is 8.29. The number of nitrogens with zero attached hydrogens (tertiary/aromatic N) is 1.